The summed E-state index contributed by atoms with van der Waals surface area (Å²) in [6, 6.07) is 5.68. The summed E-state index contributed by atoms with van der Waals surface area (Å²) in [5, 5.41) is 13.0. The molecule has 0 saturated carbocycles. The minimum Gasteiger partial charge on any atom is -0.312 e. The molecule has 0 fully saturated rings. The van der Waals surface area contributed by atoms with E-state index in [-0.39, 0.29) is 11.1 Å². The van der Waals surface area contributed by atoms with Gasteiger partial charge in [0, 0.05) is 11.4 Å². The lowest BCUT2D eigenvalue weighted by Crippen LogP contribution is -2.26. The van der Waals surface area contributed by atoms with Crippen LogP contribution in [0.1, 0.15) is 34.5 Å². The number of nitrogens with one attached hydrogen (secondary N) is 1. The Morgan fingerprint density at radius 2 is 2.28 bits per heavy atom. The van der Waals surface area contributed by atoms with Gasteiger partial charge in [-0.25, -0.2) is 9.37 Å². The SMILES string of the molecule is CC(c1cc(F)cc(C#N)c1)n1cnc2sc3c(c2c1=O)CCNC3. The second-order valence-corrected chi connectivity index (χ2v) is 7.21. The second-order valence-electron chi connectivity index (χ2n) is 6.13. The Labute approximate surface area is 147 Å². The fourth-order valence-corrected chi connectivity index (χ4v) is 4.43. The lowest BCUT2D eigenvalue weighted by atomic mass is 10.0. The molecule has 0 aliphatic carbocycles. The van der Waals surface area contributed by atoms with E-state index in [1.807, 2.05) is 13.0 Å². The number of fused-ring (bicyclic) bond motifs is 3. The number of thiophene rings is 1. The van der Waals surface area contributed by atoms with Crippen molar-refractivity contribution in [3.8, 4) is 6.07 Å². The number of hydrogen-bond donors (Lipinski definition) is 1. The smallest absolute Gasteiger partial charge is 0.262 e. The molecule has 0 spiro atoms. The van der Waals surface area contributed by atoms with Crippen molar-refractivity contribution < 1.29 is 4.39 Å². The van der Waals surface area contributed by atoms with Crippen LogP contribution in [0.3, 0.4) is 0 Å². The maximum absolute atomic E-state index is 13.8. The van der Waals surface area contributed by atoms with Crippen molar-refractivity contribution in [1.82, 2.24) is 14.9 Å². The summed E-state index contributed by atoms with van der Waals surface area (Å²) in [6.07, 6.45) is 2.32. The van der Waals surface area contributed by atoms with E-state index in [1.54, 1.807) is 17.4 Å². The van der Waals surface area contributed by atoms with Gasteiger partial charge in [-0.2, -0.15) is 5.26 Å². The Hall–Kier alpha value is -2.56. The Kier molecular flexibility index (Phi) is 3.86. The van der Waals surface area contributed by atoms with E-state index in [0.29, 0.717) is 10.9 Å². The van der Waals surface area contributed by atoms with Gasteiger partial charge in [0.25, 0.3) is 5.56 Å². The van der Waals surface area contributed by atoms with Crippen LogP contribution < -0.4 is 10.9 Å². The van der Waals surface area contributed by atoms with Crippen LogP contribution in [0, 0.1) is 17.1 Å². The average molecular weight is 354 g/mol. The number of hydrogen-bond acceptors (Lipinski definition) is 5. The summed E-state index contributed by atoms with van der Waals surface area (Å²) in [7, 11) is 0. The number of aromatic nitrogens is 2. The van der Waals surface area contributed by atoms with Gasteiger partial charge in [0.05, 0.1) is 29.4 Å². The van der Waals surface area contributed by atoms with Crippen molar-refractivity contribution in [3.63, 3.8) is 0 Å². The summed E-state index contributed by atoms with van der Waals surface area (Å²) in [5.74, 6) is -0.484. The van der Waals surface area contributed by atoms with Crippen LogP contribution in [0.15, 0.2) is 29.3 Å². The Bertz CT molecular complexity index is 1080. The molecule has 1 unspecified atom stereocenters. The van der Waals surface area contributed by atoms with Crippen LogP contribution in [0.5, 0.6) is 0 Å². The highest BCUT2D eigenvalue weighted by Gasteiger charge is 2.21. The van der Waals surface area contributed by atoms with Gasteiger partial charge in [-0.1, -0.05) is 0 Å². The molecule has 0 saturated heterocycles. The normalized spacial score (nSPS) is 14.9. The number of benzene rings is 1. The molecule has 126 valence electrons. The molecule has 1 aromatic carbocycles. The molecule has 1 N–H and O–H groups in total. The van der Waals surface area contributed by atoms with E-state index in [0.717, 1.165) is 34.8 Å². The van der Waals surface area contributed by atoms with Crippen molar-refractivity contribution in [2.75, 3.05) is 6.54 Å². The lowest BCUT2D eigenvalue weighted by Gasteiger charge is -2.16. The molecule has 2 aromatic heterocycles. The minimum atomic E-state index is -0.484. The molecule has 0 radical (unpaired) electrons. The topological polar surface area (TPSA) is 70.7 Å². The summed E-state index contributed by atoms with van der Waals surface area (Å²) in [5.41, 5.74) is 1.78. The maximum atomic E-state index is 13.8. The predicted octanol–water partition coefficient (Wildman–Crippen LogP) is 2.72. The van der Waals surface area contributed by atoms with Gasteiger partial charge >= 0.3 is 0 Å². The van der Waals surface area contributed by atoms with E-state index in [1.165, 1.54) is 23.0 Å². The molecule has 25 heavy (non-hydrogen) atoms. The Morgan fingerprint density at radius 1 is 1.44 bits per heavy atom. The first kappa shape index (κ1) is 15.9. The highest BCUT2D eigenvalue weighted by Crippen LogP contribution is 2.30. The molecule has 7 heteroatoms. The van der Waals surface area contributed by atoms with Crippen LogP contribution in [-0.4, -0.2) is 16.1 Å². The lowest BCUT2D eigenvalue weighted by molar-refractivity contribution is 0.589. The zero-order valence-corrected chi connectivity index (χ0v) is 14.4. The summed E-state index contributed by atoms with van der Waals surface area (Å²) in [4.78, 5) is 19.4. The third-order valence-corrected chi connectivity index (χ3v) is 5.75. The fraction of sp³-hybridized carbons (Fsp3) is 0.278. The summed E-state index contributed by atoms with van der Waals surface area (Å²) in [6.45, 7) is 3.42. The van der Waals surface area contributed by atoms with Gasteiger partial charge in [0.1, 0.15) is 10.6 Å². The van der Waals surface area contributed by atoms with Crippen molar-refractivity contribution >= 4 is 21.6 Å². The van der Waals surface area contributed by atoms with Crippen LogP contribution in [0.2, 0.25) is 0 Å². The largest absolute Gasteiger partial charge is 0.312 e. The average Bonchev–Trinajstić information content (AvgIpc) is 3.00. The standard InChI is InChI=1S/C18H15FN4OS/c1-10(12-4-11(7-20)5-13(19)6-12)23-9-22-17-16(18(23)24)14-2-3-21-8-15(14)25-17/h4-6,9-10,21H,2-3,8H2,1H3. The Morgan fingerprint density at radius 3 is 3.08 bits per heavy atom. The predicted molar refractivity (Wildman–Crippen MR) is 94.2 cm³/mol. The van der Waals surface area contributed by atoms with E-state index < -0.39 is 11.9 Å². The second kappa shape index (κ2) is 6.06. The third-order valence-electron chi connectivity index (χ3n) is 4.61. The highest BCUT2D eigenvalue weighted by molar-refractivity contribution is 7.18. The van der Waals surface area contributed by atoms with Crippen LogP contribution in [0.25, 0.3) is 10.2 Å². The maximum Gasteiger partial charge on any atom is 0.262 e. The quantitative estimate of drug-likeness (QED) is 0.768. The molecule has 0 bridgehead atoms. The van der Waals surface area contributed by atoms with Gasteiger partial charge in [-0.3, -0.25) is 9.36 Å². The molecule has 1 atom stereocenters. The molecule has 1 aliphatic rings. The van der Waals surface area contributed by atoms with Gasteiger partial charge < -0.3 is 5.32 Å². The zero-order valence-electron chi connectivity index (χ0n) is 13.5. The van der Waals surface area contributed by atoms with Crippen molar-refractivity contribution in [2.45, 2.75) is 25.9 Å². The minimum absolute atomic E-state index is 0.111. The Balaban J connectivity index is 1.87. The molecule has 3 aromatic rings. The van der Waals surface area contributed by atoms with E-state index in [9.17, 15) is 9.18 Å². The van der Waals surface area contributed by atoms with E-state index >= 15 is 0 Å². The molecule has 3 heterocycles. The molecule has 4 rings (SSSR count). The molecular formula is C18H15FN4OS. The first-order valence-corrected chi connectivity index (χ1v) is 8.83. The van der Waals surface area contributed by atoms with Gasteiger partial charge in [0.15, 0.2) is 0 Å². The fourth-order valence-electron chi connectivity index (χ4n) is 3.28. The first-order valence-electron chi connectivity index (χ1n) is 8.01. The first-order chi connectivity index (χ1) is 12.1. The monoisotopic (exact) mass is 354 g/mol. The highest BCUT2D eigenvalue weighted by atomic mass is 32.1. The number of nitrogens with zero attached hydrogens (tertiary/aromatic N) is 3. The van der Waals surface area contributed by atoms with Gasteiger partial charge in [-0.15, -0.1) is 11.3 Å². The number of rotatable bonds is 2. The summed E-state index contributed by atoms with van der Waals surface area (Å²) < 4.78 is 15.3. The van der Waals surface area contributed by atoms with E-state index in [2.05, 4.69) is 10.3 Å². The van der Waals surface area contributed by atoms with Crippen molar-refractivity contribution in [1.29, 1.82) is 5.26 Å². The molecule has 0 amide bonds. The summed E-state index contributed by atoms with van der Waals surface area (Å²) >= 11 is 1.55. The van der Waals surface area contributed by atoms with Crippen LogP contribution in [-0.2, 0) is 13.0 Å². The molecular weight excluding hydrogens is 339 g/mol. The van der Waals surface area contributed by atoms with Crippen molar-refractivity contribution in [2.24, 2.45) is 0 Å². The third kappa shape index (κ3) is 2.64. The van der Waals surface area contributed by atoms with Crippen LogP contribution >= 0.6 is 11.3 Å². The number of halogens is 1. The van der Waals surface area contributed by atoms with Crippen molar-refractivity contribution in [3.05, 3.63) is 62.3 Å². The van der Waals surface area contributed by atoms with Crippen LogP contribution in [0.4, 0.5) is 4.39 Å². The van der Waals surface area contributed by atoms with Gasteiger partial charge in [0.2, 0.25) is 0 Å². The zero-order chi connectivity index (χ0) is 17.6. The van der Waals surface area contributed by atoms with E-state index in [4.69, 9.17) is 5.26 Å². The molecule has 5 nitrogen and oxygen atoms in total. The molecule has 1 aliphatic heterocycles. The number of nitriles is 1. The van der Waals surface area contributed by atoms with Gasteiger partial charge in [-0.05, 0) is 49.2 Å².